The molecule has 10 nitrogen and oxygen atoms in total. The lowest BCUT2D eigenvalue weighted by Gasteiger charge is -2.60. The highest BCUT2D eigenvalue weighted by molar-refractivity contribution is 6.27. The molecule has 8 atom stereocenters. The molecule has 0 radical (unpaired) electrons. The first-order valence-electron chi connectivity index (χ1n) is 12.7. The standard InChI is InChI=1S/C22H37NO5.C2H2O4/c1-15-7-8-18-16(2)19(24-14-13-23-11-5-4-6-12-23)25-20-22(18)17(15)9-10-21(3,26-20)27-28-22;3-1(4)2(5)6/h15-20H,4-14H2,1-3H3;(H,3,4)(H,5,6)/t15-,16-,17+,18+,19+,20-,21-,22-;/m1./s1. The second-order valence-corrected chi connectivity index (χ2v) is 10.7. The van der Waals surface area contributed by atoms with Gasteiger partial charge in [-0.15, -0.1) is 0 Å². The molecular formula is C24H39NO9. The molecule has 2 N–H and O–H groups in total. The van der Waals surface area contributed by atoms with Gasteiger partial charge >= 0.3 is 11.9 Å². The molecular weight excluding hydrogens is 446 g/mol. The number of fused-ring (bicyclic) bond motifs is 2. The zero-order valence-corrected chi connectivity index (χ0v) is 20.4. The van der Waals surface area contributed by atoms with Crippen molar-refractivity contribution in [3.05, 3.63) is 0 Å². The molecule has 0 amide bonds. The van der Waals surface area contributed by atoms with Crippen LogP contribution in [0.3, 0.4) is 0 Å². The van der Waals surface area contributed by atoms with E-state index in [4.69, 9.17) is 43.8 Å². The van der Waals surface area contributed by atoms with Gasteiger partial charge in [0.15, 0.2) is 18.2 Å². The monoisotopic (exact) mass is 485 g/mol. The van der Waals surface area contributed by atoms with Gasteiger partial charge < -0.3 is 29.3 Å². The maximum absolute atomic E-state index is 9.10. The molecule has 10 heteroatoms. The first-order chi connectivity index (χ1) is 16.2. The van der Waals surface area contributed by atoms with Crippen molar-refractivity contribution in [1.29, 1.82) is 0 Å². The van der Waals surface area contributed by atoms with Crippen LogP contribution in [0.2, 0.25) is 0 Å². The molecule has 6 aliphatic rings. The van der Waals surface area contributed by atoms with Crippen LogP contribution in [0.1, 0.15) is 65.7 Å². The Morgan fingerprint density at radius 1 is 1.00 bits per heavy atom. The Labute approximate surface area is 200 Å². The number of carboxylic acids is 2. The molecule has 2 bridgehead atoms. The van der Waals surface area contributed by atoms with Crippen molar-refractivity contribution in [3.63, 3.8) is 0 Å². The second-order valence-electron chi connectivity index (χ2n) is 10.7. The van der Waals surface area contributed by atoms with E-state index in [2.05, 4.69) is 18.7 Å². The van der Waals surface area contributed by atoms with Crippen molar-refractivity contribution in [2.75, 3.05) is 26.2 Å². The highest BCUT2D eigenvalue weighted by Gasteiger charge is 2.69. The lowest BCUT2D eigenvalue weighted by atomic mass is 9.58. The van der Waals surface area contributed by atoms with Crippen LogP contribution in [0.15, 0.2) is 0 Å². The van der Waals surface area contributed by atoms with Gasteiger partial charge in [-0.1, -0.05) is 20.3 Å². The number of nitrogens with zero attached hydrogens (tertiary/aromatic N) is 1. The summed E-state index contributed by atoms with van der Waals surface area (Å²) < 4.78 is 19.2. The van der Waals surface area contributed by atoms with Crippen LogP contribution < -0.4 is 0 Å². The summed E-state index contributed by atoms with van der Waals surface area (Å²) in [6.07, 6.45) is 7.63. The predicted octanol–water partition coefficient (Wildman–Crippen LogP) is 2.85. The van der Waals surface area contributed by atoms with Crippen LogP contribution in [-0.2, 0) is 33.6 Å². The molecule has 0 aromatic rings. The number of likely N-dealkylation sites (tertiary alicyclic amines) is 1. The lowest BCUT2D eigenvalue weighted by molar-refractivity contribution is -0.577. The van der Waals surface area contributed by atoms with Crippen molar-refractivity contribution < 1.29 is 43.8 Å². The van der Waals surface area contributed by atoms with Crippen molar-refractivity contribution in [1.82, 2.24) is 4.90 Å². The Balaban J connectivity index is 0.000000408. The molecule has 6 fully saturated rings. The third kappa shape index (κ3) is 4.99. The number of ether oxygens (including phenoxy) is 3. The van der Waals surface area contributed by atoms with Gasteiger partial charge in [0.05, 0.1) is 6.61 Å². The smallest absolute Gasteiger partial charge is 0.414 e. The fraction of sp³-hybridized carbons (Fsp3) is 0.917. The third-order valence-electron chi connectivity index (χ3n) is 8.42. The minimum absolute atomic E-state index is 0.231. The summed E-state index contributed by atoms with van der Waals surface area (Å²) in [5.41, 5.74) is -0.486. The van der Waals surface area contributed by atoms with Crippen LogP contribution in [0.4, 0.5) is 0 Å². The molecule has 5 heterocycles. The topological polar surface area (TPSA) is 124 Å². The number of hydrogen-bond donors (Lipinski definition) is 2. The van der Waals surface area contributed by atoms with E-state index < -0.39 is 29.6 Å². The van der Waals surface area contributed by atoms with Crippen molar-refractivity contribution in [2.45, 2.75) is 89.7 Å². The molecule has 1 spiro atoms. The van der Waals surface area contributed by atoms with E-state index in [-0.39, 0.29) is 12.2 Å². The van der Waals surface area contributed by atoms with Crippen molar-refractivity contribution in [2.24, 2.45) is 23.7 Å². The Kier molecular flexibility index (Phi) is 7.86. The van der Waals surface area contributed by atoms with E-state index in [9.17, 15) is 0 Å². The van der Waals surface area contributed by atoms with Gasteiger partial charge in [0.25, 0.3) is 0 Å². The fourth-order valence-electron chi connectivity index (χ4n) is 6.54. The van der Waals surface area contributed by atoms with Crippen molar-refractivity contribution >= 4 is 11.9 Å². The molecule has 194 valence electrons. The molecule has 34 heavy (non-hydrogen) atoms. The second kappa shape index (κ2) is 10.4. The van der Waals surface area contributed by atoms with E-state index in [0.29, 0.717) is 17.8 Å². The van der Waals surface area contributed by atoms with E-state index in [1.807, 2.05) is 6.92 Å². The van der Waals surface area contributed by atoms with Crippen LogP contribution in [0.5, 0.6) is 0 Å². The van der Waals surface area contributed by atoms with E-state index in [0.717, 1.165) is 32.4 Å². The number of rotatable bonds is 4. The Bertz CT molecular complexity index is 732. The lowest BCUT2D eigenvalue weighted by Crippen LogP contribution is -2.70. The van der Waals surface area contributed by atoms with E-state index in [1.165, 1.54) is 38.8 Å². The van der Waals surface area contributed by atoms with Crippen LogP contribution in [0.25, 0.3) is 0 Å². The molecule has 0 aromatic heterocycles. The summed E-state index contributed by atoms with van der Waals surface area (Å²) in [5, 5.41) is 14.8. The predicted molar refractivity (Wildman–Crippen MR) is 118 cm³/mol. The van der Waals surface area contributed by atoms with Gasteiger partial charge in [-0.05, 0) is 64.0 Å². The summed E-state index contributed by atoms with van der Waals surface area (Å²) in [5.74, 6) is -2.74. The van der Waals surface area contributed by atoms with Crippen LogP contribution >= 0.6 is 0 Å². The Morgan fingerprint density at radius 3 is 2.38 bits per heavy atom. The SMILES string of the molecule is C[C@H]1[C@@H](OCCN2CCCCC2)O[C@@H]2O[C@@]3(C)CC[C@H]4[C@H](C)CC[C@@H]1[C@@]24OO3.O=C(O)C(=O)O. The van der Waals surface area contributed by atoms with Crippen LogP contribution in [0, 0.1) is 23.7 Å². The van der Waals surface area contributed by atoms with Crippen LogP contribution in [-0.4, -0.2) is 77.3 Å². The highest BCUT2D eigenvalue weighted by Crippen LogP contribution is 2.60. The zero-order valence-electron chi connectivity index (χ0n) is 20.4. The van der Waals surface area contributed by atoms with Crippen molar-refractivity contribution in [3.8, 4) is 0 Å². The van der Waals surface area contributed by atoms with E-state index >= 15 is 0 Å². The fourth-order valence-corrected chi connectivity index (χ4v) is 6.54. The number of aliphatic carboxylic acids is 2. The quantitative estimate of drug-likeness (QED) is 0.454. The number of carboxylic acid groups (broad SMARTS) is 2. The van der Waals surface area contributed by atoms with Gasteiger partial charge in [-0.2, -0.15) is 0 Å². The molecule has 1 aliphatic carbocycles. The molecule has 5 saturated heterocycles. The van der Waals surface area contributed by atoms with Gasteiger partial charge in [-0.3, -0.25) is 0 Å². The summed E-state index contributed by atoms with van der Waals surface area (Å²) in [6, 6.07) is 0. The molecule has 0 aromatic carbocycles. The Morgan fingerprint density at radius 2 is 1.71 bits per heavy atom. The molecule has 0 unspecified atom stereocenters. The van der Waals surface area contributed by atoms with Gasteiger partial charge in [0.1, 0.15) is 0 Å². The number of carbonyl (C=O) groups is 2. The Hall–Kier alpha value is -1.30. The zero-order chi connectivity index (χ0) is 24.5. The van der Waals surface area contributed by atoms with Gasteiger partial charge in [-0.25, -0.2) is 19.4 Å². The average molecular weight is 486 g/mol. The van der Waals surface area contributed by atoms with Gasteiger partial charge in [0, 0.05) is 24.8 Å². The summed E-state index contributed by atoms with van der Waals surface area (Å²) in [6.45, 7) is 10.7. The first kappa shape index (κ1) is 25.8. The average Bonchev–Trinajstić information content (AvgIpc) is 3.04. The maximum atomic E-state index is 9.10. The number of piperidine rings is 1. The minimum Gasteiger partial charge on any atom is -0.473 e. The molecule has 5 aliphatic heterocycles. The first-order valence-corrected chi connectivity index (χ1v) is 12.7. The summed E-state index contributed by atoms with van der Waals surface area (Å²) in [7, 11) is 0. The van der Waals surface area contributed by atoms with Gasteiger partial charge in [0.2, 0.25) is 5.79 Å². The largest absolute Gasteiger partial charge is 0.473 e. The summed E-state index contributed by atoms with van der Waals surface area (Å²) in [4.78, 5) is 32.8. The minimum atomic E-state index is -1.82. The summed E-state index contributed by atoms with van der Waals surface area (Å²) >= 11 is 0. The normalized spacial score (nSPS) is 43.7. The third-order valence-corrected chi connectivity index (χ3v) is 8.42. The molecule has 6 rings (SSSR count). The highest BCUT2D eigenvalue weighted by atomic mass is 17.3. The maximum Gasteiger partial charge on any atom is 0.414 e. The molecule has 1 saturated carbocycles. The number of hydrogen-bond acceptors (Lipinski definition) is 8. The van der Waals surface area contributed by atoms with E-state index in [1.54, 1.807) is 0 Å².